The van der Waals surface area contributed by atoms with Crippen LogP contribution in [-0.2, 0) is 4.74 Å². The lowest BCUT2D eigenvalue weighted by Gasteiger charge is -2.36. The molecule has 1 saturated heterocycles. The van der Waals surface area contributed by atoms with E-state index in [9.17, 15) is 0 Å². The van der Waals surface area contributed by atoms with E-state index in [2.05, 4.69) is 11.3 Å². The van der Waals surface area contributed by atoms with Gasteiger partial charge in [-0.25, -0.2) is 0 Å². The number of rotatable bonds is 1. The van der Waals surface area contributed by atoms with Crippen molar-refractivity contribution in [1.82, 2.24) is 4.90 Å². The van der Waals surface area contributed by atoms with E-state index in [4.69, 9.17) is 4.74 Å². The van der Waals surface area contributed by atoms with Gasteiger partial charge in [-0.3, -0.25) is 4.90 Å². The highest BCUT2D eigenvalue weighted by atomic mass is 16.5. The molecule has 2 nitrogen and oxygen atoms in total. The first kappa shape index (κ1) is 8.52. The zero-order valence-corrected chi connectivity index (χ0v) is 7.67. The van der Waals surface area contributed by atoms with Crippen LogP contribution in [0.5, 0.6) is 0 Å². The number of hydrogen-bond acceptors (Lipinski definition) is 2. The summed E-state index contributed by atoms with van der Waals surface area (Å²) in [5.74, 6) is 0. The molecule has 0 bridgehead atoms. The van der Waals surface area contributed by atoms with Crippen molar-refractivity contribution < 1.29 is 4.74 Å². The fourth-order valence-corrected chi connectivity index (χ4v) is 2.17. The second-order valence-corrected chi connectivity index (χ2v) is 3.74. The molecule has 2 heteroatoms. The molecule has 12 heavy (non-hydrogen) atoms. The maximum Gasteiger partial charge on any atom is 0.0594 e. The lowest BCUT2D eigenvalue weighted by Crippen LogP contribution is -2.44. The van der Waals surface area contributed by atoms with Crippen LogP contribution in [-0.4, -0.2) is 37.2 Å². The first-order valence-electron chi connectivity index (χ1n) is 5.12. The average molecular weight is 168 g/mol. The molecule has 0 N–H and O–H groups in total. The summed E-state index contributed by atoms with van der Waals surface area (Å²) in [7, 11) is 0. The lowest BCUT2D eigenvalue weighted by atomic mass is 9.94. The van der Waals surface area contributed by atoms with Gasteiger partial charge < -0.3 is 4.74 Å². The SMILES string of the molecule is [CH]1CCCC[C@@H]1N1CCOCC1. The molecule has 69 valence electrons. The summed E-state index contributed by atoms with van der Waals surface area (Å²) in [5.41, 5.74) is 0. The minimum absolute atomic E-state index is 0.766. The maximum absolute atomic E-state index is 5.33. The van der Waals surface area contributed by atoms with Gasteiger partial charge in [-0.1, -0.05) is 12.8 Å². The summed E-state index contributed by atoms with van der Waals surface area (Å²) in [5, 5.41) is 0. The molecule has 1 saturated carbocycles. The van der Waals surface area contributed by atoms with Crippen LogP contribution in [0.4, 0.5) is 0 Å². The summed E-state index contributed by atoms with van der Waals surface area (Å²) in [6.07, 6.45) is 8.01. The van der Waals surface area contributed by atoms with Crippen LogP contribution in [0.1, 0.15) is 25.7 Å². The molecule has 0 spiro atoms. The summed E-state index contributed by atoms with van der Waals surface area (Å²) in [4.78, 5) is 2.57. The molecule has 1 atom stereocenters. The highest BCUT2D eigenvalue weighted by molar-refractivity contribution is 4.89. The highest BCUT2D eigenvalue weighted by Crippen LogP contribution is 2.21. The summed E-state index contributed by atoms with van der Waals surface area (Å²) in [6, 6.07) is 0.766. The summed E-state index contributed by atoms with van der Waals surface area (Å²) in [6.45, 7) is 4.15. The fourth-order valence-electron chi connectivity index (χ4n) is 2.17. The second-order valence-electron chi connectivity index (χ2n) is 3.74. The summed E-state index contributed by atoms with van der Waals surface area (Å²) < 4.78 is 5.33. The Labute approximate surface area is 74.9 Å². The van der Waals surface area contributed by atoms with E-state index < -0.39 is 0 Å². The molecule has 2 aliphatic rings. The summed E-state index contributed by atoms with van der Waals surface area (Å²) >= 11 is 0. The molecule has 0 aromatic heterocycles. The Hall–Kier alpha value is -0.0800. The van der Waals surface area contributed by atoms with Crippen molar-refractivity contribution in [3.63, 3.8) is 0 Å². The fraction of sp³-hybridized carbons (Fsp3) is 0.900. The molecule has 1 aliphatic heterocycles. The molecular formula is C10H18NO. The normalized spacial score (nSPS) is 29.0. The molecule has 1 heterocycles. The number of ether oxygens (including phenoxy) is 1. The Balaban J connectivity index is 1.80. The van der Waals surface area contributed by atoms with Gasteiger partial charge in [0.1, 0.15) is 0 Å². The van der Waals surface area contributed by atoms with Crippen molar-refractivity contribution >= 4 is 0 Å². The van der Waals surface area contributed by atoms with E-state index in [0.717, 1.165) is 32.3 Å². The quantitative estimate of drug-likeness (QED) is 0.588. The zero-order chi connectivity index (χ0) is 8.23. The largest absolute Gasteiger partial charge is 0.379 e. The van der Waals surface area contributed by atoms with Crippen molar-refractivity contribution in [3.05, 3.63) is 6.42 Å². The minimum Gasteiger partial charge on any atom is -0.379 e. The predicted molar refractivity (Wildman–Crippen MR) is 48.9 cm³/mol. The lowest BCUT2D eigenvalue weighted by molar-refractivity contribution is 0.0182. The zero-order valence-electron chi connectivity index (χ0n) is 7.67. The van der Waals surface area contributed by atoms with Crippen LogP contribution in [0.2, 0.25) is 0 Å². The topological polar surface area (TPSA) is 12.5 Å². The first-order chi connectivity index (χ1) is 5.97. The van der Waals surface area contributed by atoms with Crippen molar-refractivity contribution in [3.8, 4) is 0 Å². The molecule has 0 unspecified atom stereocenters. The molecule has 0 amide bonds. The average Bonchev–Trinajstić information content (AvgIpc) is 2.21. The van der Waals surface area contributed by atoms with Crippen LogP contribution in [0.15, 0.2) is 0 Å². The van der Waals surface area contributed by atoms with Gasteiger partial charge in [0.25, 0.3) is 0 Å². The van der Waals surface area contributed by atoms with Gasteiger partial charge >= 0.3 is 0 Å². The van der Waals surface area contributed by atoms with Gasteiger partial charge in [-0.05, 0) is 19.3 Å². The van der Waals surface area contributed by atoms with Crippen molar-refractivity contribution in [2.75, 3.05) is 26.3 Å². The van der Waals surface area contributed by atoms with Crippen LogP contribution < -0.4 is 0 Å². The third-order valence-electron chi connectivity index (χ3n) is 2.91. The van der Waals surface area contributed by atoms with Crippen LogP contribution in [0.3, 0.4) is 0 Å². The monoisotopic (exact) mass is 168 g/mol. The maximum atomic E-state index is 5.33. The number of nitrogens with zero attached hydrogens (tertiary/aromatic N) is 1. The van der Waals surface area contributed by atoms with Gasteiger partial charge in [-0.2, -0.15) is 0 Å². The smallest absolute Gasteiger partial charge is 0.0594 e. The third kappa shape index (κ3) is 1.99. The predicted octanol–water partition coefficient (Wildman–Crippen LogP) is 1.47. The Morgan fingerprint density at radius 3 is 2.67 bits per heavy atom. The molecule has 1 aliphatic carbocycles. The van der Waals surface area contributed by atoms with Crippen LogP contribution in [0, 0.1) is 6.42 Å². The number of morpholine rings is 1. The van der Waals surface area contributed by atoms with E-state index in [0.29, 0.717) is 0 Å². The molecule has 1 radical (unpaired) electrons. The number of hydrogen-bond donors (Lipinski definition) is 0. The Kier molecular flexibility index (Phi) is 3.01. The van der Waals surface area contributed by atoms with E-state index in [1.807, 2.05) is 0 Å². The van der Waals surface area contributed by atoms with Gasteiger partial charge in [0.15, 0.2) is 0 Å². The van der Waals surface area contributed by atoms with Crippen LogP contribution >= 0.6 is 0 Å². The molecule has 0 aromatic rings. The third-order valence-corrected chi connectivity index (χ3v) is 2.91. The molecule has 2 rings (SSSR count). The standard InChI is InChI=1S/C10H18NO/c1-2-4-10(5-3-1)11-6-8-12-9-7-11/h4,10H,1-3,5-9H2/t10-/m1/s1. The Morgan fingerprint density at radius 2 is 2.00 bits per heavy atom. The molecule has 0 aromatic carbocycles. The van der Waals surface area contributed by atoms with Crippen molar-refractivity contribution in [2.45, 2.75) is 31.7 Å². The van der Waals surface area contributed by atoms with Crippen LogP contribution in [0.25, 0.3) is 0 Å². The first-order valence-corrected chi connectivity index (χ1v) is 5.12. The van der Waals surface area contributed by atoms with Gasteiger partial charge in [0, 0.05) is 19.1 Å². The van der Waals surface area contributed by atoms with E-state index in [-0.39, 0.29) is 0 Å². The Bertz CT molecular complexity index is 110. The molecule has 2 fully saturated rings. The second kappa shape index (κ2) is 4.24. The van der Waals surface area contributed by atoms with Gasteiger partial charge in [-0.15, -0.1) is 0 Å². The van der Waals surface area contributed by atoms with E-state index in [1.54, 1.807) is 0 Å². The Morgan fingerprint density at radius 1 is 1.17 bits per heavy atom. The van der Waals surface area contributed by atoms with E-state index >= 15 is 0 Å². The minimum atomic E-state index is 0.766. The molecular weight excluding hydrogens is 150 g/mol. The van der Waals surface area contributed by atoms with Crippen molar-refractivity contribution in [1.29, 1.82) is 0 Å². The van der Waals surface area contributed by atoms with Gasteiger partial charge in [0.05, 0.1) is 13.2 Å². The highest BCUT2D eigenvalue weighted by Gasteiger charge is 2.22. The van der Waals surface area contributed by atoms with E-state index in [1.165, 1.54) is 25.7 Å². The van der Waals surface area contributed by atoms with Crippen molar-refractivity contribution in [2.24, 2.45) is 0 Å². The van der Waals surface area contributed by atoms with Gasteiger partial charge in [0.2, 0.25) is 0 Å².